The molecule has 1 heterocycles. The van der Waals surface area contributed by atoms with Crippen molar-refractivity contribution in [2.45, 2.75) is 76.8 Å². The van der Waals surface area contributed by atoms with E-state index in [1.54, 1.807) is 0 Å². The minimum Gasteiger partial charge on any atom is -0.310 e. The van der Waals surface area contributed by atoms with E-state index in [0.717, 1.165) is 6.04 Å². The quantitative estimate of drug-likeness (QED) is 0.769. The lowest BCUT2D eigenvalue weighted by Crippen LogP contribution is -2.53. The maximum absolute atomic E-state index is 3.90. The van der Waals surface area contributed by atoms with E-state index in [0.29, 0.717) is 11.0 Å². The topological polar surface area (TPSA) is 15.3 Å². The van der Waals surface area contributed by atoms with Gasteiger partial charge in [0.1, 0.15) is 0 Å². The fourth-order valence-electron chi connectivity index (χ4n) is 4.80. The van der Waals surface area contributed by atoms with Gasteiger partial charge in [0, 0.05) is 18.1 Å². The lowest BCUT2D eigenvalue weighted by atomic mass is 9.85. The molecule has 2 saturated carbocycles. The first-order valence-corrected chi connectivity index (χ1v) is 8.11. The molecule has 3 aliphatic rings. The molecule has 2 heteroatoms. The minimum atomic E-state index is 0.481. The van der Waals surface area contributed by atoms with Crippen molar-refractivity contribution >= 4 is 0 Å². The van der Waals surface area contributed by atoms with Gasteiger partial charge in [0.05, 0.1) is 0 Å². The highest BCUT2D eigenvalue weighted by Gasteiger charge is 2.43. The zero-order valence-corrected chi connectivity index (χ0v) is 12.3. The summed E-state index contributed by atoms with van der Waals surface area (Å²) in [4.78, 5) is 2.86. The number of nitrogens with zero attached hydrogens (tertiary/aromatic N) is 1. The Hall–Kier alpha value is -0.0800. The van der Waals surface area contributed by atoms with Gasteiger partial charge in [0.25, 0.3) is 0 Å². The van der Waals surface area contributed by atoms with Crippen LogP contribution in [-0.2, 0) is 0 Å². The smallest absolute Gasteiger partial charge is 0.0308 e. The van der Waals surface area contributed by atoms with Crippen molar-refractivity contribution in [1.29, 1.82) is 0 Å². The molecular weight excluding hydrogens is 220 g/mol. The Bertz CT molecular complexity index is 291. The molecule has 0 aromatic rings. The highest BCUT2D eigenvalue weighted by atomic mass is 15.2. The second-order valence-electron chi connectivity index (χ2n) is 7.63. The fraction of sp³-hybridized carbons (Fsp3) is 1.00. The van der Waals surface area contributed by atoms with Crippen LogP contribution in [0.1, 0.15) is 65.2 Å². The van der Waals surface area contributed by atoms with Gasteiger partial charge >= 0.3 is 0 Å². The third-order valence-electron chi connectivity index (χ3n) is 5.83. The molecular formula is C16H30N2. The minimum absolute atomic E-state index is 0.481. The molecule has 0 bridgehead atoms. The van der Waals surface area contributed by atoms with Crippen LogP contribution in [0.25, 0.3) is 0 Å². The fourth-order valence-corrected chi connectivity index (χ4v) is 4.80. The number of hydrogen-bond acceptors (Lipinski definition) is 2. The lowest BCUT2D eigenvalue weighted by Gasteiger charge is -2.41. The van der Waals surface area contributed by atoms with Crippen LogP contribution in [0, 0.1) is 5.41 Å². The second-order valence-corrected chi connectivity index (χ2v) is 7.63. The van der Waals surface area contributed by atoms with Crippen molar-refractivity contribution in [3.05, 3.63) is 0 Å². The van der Waals surface area contributed by atoms with Gasteiger partial charge in [0.15, 0.2) is 0 Å². The molecule has 1 saturated heterocycles. The van der Waals surface area contributed by atoms with Crippen molar-refractivity contribution in [3.63, 3.8) is 0 Å². The van der Waals surface area contributed by atoms with Crippen LogP contribution < -0.4 is 5.32 Å². The Balaban J connectivity index is 1.75. The summed E-state index contributed by atoms with van der Waals surface area (Å²) in [5.74, 6) is 0. The largest absolute Gasteiger partial charge is 0.310 e. The van der Waals surface area contributed by atoms with Gasteiger partial charge in [0.2, 0.25) is 0 Å². The molecule has 3 rings (SSSR count). The van der Waals surface area contributed by atoms with Crippen LogP contribution in [0.2, 0.25) is 0 Å². The normalized spacial score (nSPS) is 36.0. The summed E-state index contributed by atoms with van der Waals surface area (Å²) in [5, 5.41) is 3.90. The average molecular weight is 250 g/mol. The SMILES string of the molecule is CC1(C)CCCC1N1CCCNC2(CCCC2)C1. The zero-order valence-electron chi connectivity index (χ0n) is 12.3. The Kier molecular flexibility index (Phi) is 3.44. The standard InChI is InChI=1S/C16H30N2/c1-15(2)8-5-7-14(15)18-12-6-11-17-16(13-18)9-3-4-10-16/h14,17H,3-13H2,1-2H3. The van der Waals surface area contributed by atoms with E-state index in [-0.39, 0.29) is 0 Å². The number of nitrogens with one attached hydrogen (secondary N) is 1. The monoisotopic (exact) mass is 250 g/mol. The molecule has 18 heavy (non-hydrogen) atoms. The predicted octanol–water partition coefficient (Wildman–Crippen LogP) is 3.17. The summed E-state index contributed by atoms with van der Waals surface area (Å²) < 4.78 is 0. The van der Waals surface area contributed by atoms with Crippen molar-refractivity contribution in [1.82, 2.24) is 10.2 Å². The van der Waals surface area contributed by atoms with E-state index in [9.17, 15) is 0 Å². The molecule has 1 aliphatic heterocycles. The van der Waals surface area contributed by atoms with Gasteiger partial charge in [-0.1, -0.05) is 33.1 Å². The van der Waals surface area contributed by atoms with E-state index in [4.69, 9.17) is 0 Å². The first-order chi connectivity index (χ1) is 8.61. The molecule has 1 unspecified atom stereocenters. The number of hydrogen-bond donors (Lipinski definition) is 1. The molecule has 2 nitrogen and oxygen atoms in total. The molecule has 0 amide bonds. The van der Waals surface area contributed by atoms with Crippen molar-refractivity contribution < 1.29 is 0 Å². The Morgan fingerprint density at radius 1 is 1.00 bits per heavy atom. The van der Waals surface area contributed by atoms with Gasteiger partial charge in [-0.2, -0.15) is 0 Å². The summed E-state index contributed by atoms with van der Waals surface area (Å²) in [7, 11) is 0. The summed E-state index contributed by atoms with van der Waals surface area (Å²) in [6.45, 7) is 8.86. The van der Waals surface area contributed by atoms with E-state index >= 15 is 0 Å². The Morgan fingerprint density at radius 3 is 2.44 bits per heavy atom. The maximum atomic E-state index is 3.90. The molecule has 0 aromatic heterocycles. The van der Waals surface area contributed by atoms with Crippen LogP contribution in [0.4, 0.5) is 0 Å². The summed E-state index contributed by atoms with van der Waals surface area (Å²) in [6, 6.07) is 0.842. The van der Waals surface area contributed by atoms with Crippen LogP contribution in [0.5, 0.6) is 0 Å². The third-order valence-corrected chi connectivity index (χ3v) is 5.83. The first-order valence-electron chi connectivity index (χ1n) is 8.11. The summed E-state index contributed by atoms with van der Waals surface area (Å²) in [6.07, 6.45) is 11.3. The van der Waals surface area contributed by atoms with E-state index in [2.05, 4.69) is 24.1 Å². The van der Waals surface area contributed by atoms with Gasteiger partial charge in [-0.15, -0.1) is 0 Å². The zero-order chi connectivity index (χ0) is 12.6. The first kappa shape index (κ1) is 12.9. The van der Waals surface area contributed by atoms with E-state index < -0.39 is 0 Å². The Labute approximate surface area is 113 Å². The van der Waals surface area contributed by atoms with E-state index in [1.807, 2.05) is 0 Å². The average Bonchev–Trinajstić information content (AvgIpc) is 2.83. The van der Waals surface area contributed by atoms with Crippen molar-refractivity contribution in [2.75, 3.05) is 19.6 Å². The molecule has 2 aliphatic carbocycles. The third kappa shape index (κ3) is 2.34. The van der Waals surface area contributed by atoms with Gasteiger partial charge in [-0.25, -0.2) is 0 Å². The molecule has 104 valence electrons. The van der Waals surface area contributed by atoms with Crippen LogP contribution in [0.3, 0.4) is 0 Å². The molecule has 3 fully saturated rings. The Morgan fingerprint density at radius 2 is 1.78 bits per heavy atom. The van der Waals surface area contributed by atoms with Crippen molar-refractivity contribution in [3.8, 4) is 0 Å². The predicted molar refractivity (Wildman–Crippen MR) is 76.8 cm³/mol. The maximum Gasteiger partial charge on any atom is 0.0308 e. The molecule has 1 N–H and O–H groups in total. The lowest BCUT2D eigenvalue weighted by molar-refractivity contribution is 0.0916. The van der Waals surface area contributed by atoms with Crippen molar-refractivity contribution in [2.24, 2.45) is 5.41 Å². The highest BCUT2D eigenvalue weighted by Crippen LogP contribution is 2.42. The molecule has 1 atom stereocenters. The highest BCUT2D eigenvalue weighted by molar-refractivity contribution is 5.01. The van der Waals surface area contributed by atoms with Crippen LogP contribution in [-0.4, -0.2) is 36.1 Å². The summed E-state index contributed by atoms with van der Waals surface area (Å²) >= 11 is 0. The van der Waals surface area contributed by atoms with Crippen LogP contribution >= 0.6 is 0 Å². The number of rotatable bonds is 1. The van der Waals surface area contributed by atoms with Gasteiger partial charge < -0.3 is 5.32 Å². The van der Waals surface area contributed by atoms with Gasteiger partial charge in [-0.05, 0) is 50.6 Å². The second kappa shape index (κ2) is 4.79. The van der Waals surface area contributed by atoms with E-state index in [1.165, 1.54) is 71.0 Å². The molecule has 0 radical (unpaired) electrons. The molecule has 0 aromatic carbocycles. The van der Waals surface area contributed by atoms with Gasteiger partial charge in [-0.3, -0.25) is 4.90 Å². The summed E-state index contributed by atoms with van der Waals surface area (Å²) in [5.41, 5.74) is 1.03. The molecule has 1 spiro atoms. The van der Waals surface area contributed by atoms with Crippen LogP contribution in [0.15, 0.2) is 0 Å².